The van der Waals surface area contributed by atoms with Crippen LogP contribution < -0.4 is 10.1 Å². The van der Waals surface area contributed by atoms with E-state index in [1.165, 1.54) is 13.2 Å². The number of nitrogens with zero attached hydrogens (tertiary/aromatic N) is 2. The summed E-state index contributed by atoms with van der Waals surface area (Å²) in [6.45, 7) is 2.47. The van der Waals surface area contributed by atoms with Gasteiger partial charge in [0.1, 0.15) is 11.4 Å². The van der Waals surface area contributed by atoms with E-state index in [2.05, 4.69) is 5.32 Å². The number of likely N-dealkylation sites (N-methyl/N-ethyl adjacent to an activating group) is 1. The molecule has 0 spiro atoms. The summed E-state index contributed by atoms with van der Waals surface area (Å²) in [6.07, 6.45) is 0. The maximum absolute atomic E-state index is 10.9. The predicted octanol–water partition coefficient (Wildman–Crippen LogP) is 1.59. The van der Waals surface area contributed by atoms with E-state index in [-0.39, 0.29) is 5.69 Å². The van der Waals surface area contributed by atoms with Crippen LogP contribution in [0.15, 0.2) is 18.2 Å². The Morgan fingerprint density at radius 1 is 1.35 bits per heavy atom. The highest BCUT2D eigenvalue weighted by molar-refractivity contribution is 5.64. The van der Waals surface area contributed by atoms with Crippen LogP contribution in [0.3, 0.4) is 0 Å². The van der Waals surface area contributed by atoms with Gasteiger partial charge in [-0.1, -0.05) is 0 Å². The average Bonchev–Trinajstić information content (AvgIpc) is 2.41. The Labute approximate surface area is 118 Å². The molecule has 0 aromatic heterocycles. The van der Waals surface area contributed by atoms with E-state index < -0.39 is 4.92 Å². The van der Waals surface area contributed by atoms with Crippen molar-refractivity contribution >= 4 is 11.4 Å². The molecule has 1 rings (SSSR count). The third-order valence-corrected chi connectivity index (χ3v) is 2.65. The molecule has 0 fully saturated rings. The lowest BCUT2D eigenvalue weighted by Gasteiger charge is -2.11. The lowest BCUT2D eigenvalue weighted by Crippen LogP contribution is -2.20. The molecule has 7 heteroatoms. The van der Waals surface area contributed by atoms with Crippen molar-refractivity contribution in [2.75, 3.05) is 52.8 Å². The van der Waals surface area contributed by atoms with E-state index in [0.717, 1.165) is 6.54 Å². The molecule has 112 valence electrons. The highest BCUT2D eigenvalue weighted by Gasteiger charge is 2.13. The molecule has 0 unspecified atom stereocenters. The van der Waals surface area contributed by atoms with Crippen LogP contribution >= 0.6 is 0 Å². The van der Waals surface area contributed by atoms with Gasteiger partial charge < -0.3 is 19.7 Å². The highest BCUT2D eigenvalue weighted by atomic mass is 16.6. The van der Waals surface area contributed by atoms with Gasteiger partial charge in [-0.05, 0) is 20.2 Å². The van der Waals surface area contributed by atoms with Crippen molar-refractivity contribution < 1.29 is 14.4 Å². The van der Waals surface area contributed by atoms with E-state index in [1.807, 2.05) is 19.0 Å². The summed E-state index contributed by atoms with van der Waals surface area (Å²) < 4.78 is 10.5. The SMILES string of the molecule is COc1ccc([N+](=O)[O-])c(NCCOCCN(C)C)c1. The van der Waals surface area contributed by atoms with Crippen LogP contribution in [0.25, 0.3) is 0 Å². The second-order valence-electron chi connectivity index (χ2n) is 4.48. The van der Waals surface area contributed by atoms with E-state index >= 15 is 0 Å². The lowest BCUT2D eigenvalue weighted by atomic mass is 10.2. The van der Waals surface area contributed by atoms with Crippen molar-refractivity contribution in [2.45, 2.75) is 0 Å². The fourth-order valence-corrected chi connectivity index (χ4v) is 1.55. The minimum absolute atomic E-state index is 0.0269. The topological polar surface area (TPSA) is 76.9 Å². The molecule has 0 saturated heterocycles. The summed E-state index contributed by atoms with van der Waals surface area (Å²) >= 11 is 0. The number of hydrogen-bond donors (Lipinski definition) is 1. The number of rotatable bonds is 9. The average molecular weight is 283 g/mol. The van der Waals surface area contributed by atoms with Crippen LogP contribution in [0.2, 0.25) is 0 Å². The van der Waals surface area contributed by atoms with Gasteiger partial charge in [0.05, 0.1) is 25.2 Å². The van der Waals surface area contributed by atoms with Crippen molar-refractivity contribution in [3.05, 3.63) is 28.3 Å². The molecule has 0 heterocycles. The summed E-state index contributed by atoms with van der Waals surface area (Å²) in [7, 11) is 5.47. The first kappa shape index (κ1) is 16.2. The van der Waals surface area contributed by atoms with Crippen LogP contribution in [0.1, 0.15) is 0 Å². The molecule has 0 aliphatic rings. The Morgan fingerprint density at radius 2 is 2.10 bits per heavy atom. The second kappa shape index (κ2) is 8.34. The molecule has 0 aliphatic heterocycles. The van der Waals surface area contributed by atoms with Gasteiger partial charge in [-0.3, -0.25) is 10.1 Å². The van der Waals surface area contributed by atoms with Gasteiger partial charge in [0.25, 0.3) is 5.69 Å². The number of benzene rings is 1. The van der Waals surface area contributed by atoms with Crippen molar-refractivity contribution in [1.29, 1.82) is 0 Å². The maximum Gasteiger partial charge on any atom is 0.292 e. The molecule has 0 aliphatic carbocycles. The van der Waals surface area contributed by atoms with Gasteiger partial charge in [-0.15, -0.1) is 0 Å². The summed E-state index contributed by atoms with van der Waals surface area (Å²) in [6, 6.07) is 4.60. The number of methoxy groups -OCH3 is 1. The number of nitrogens with one attached hydrogen (secondary N) is 1. The van der Waals surface area contributed by atoms with E-state index in [1.54, 1.807) is 12.1 Å². The number of hydrogen-bond acceptors (Lipinski definition) is 6. The van der Waals surface area contributed by atoms with Gasteiger partial charge in [0.2, 0.25) is 0 Å². The zero-order chi connectivity index (χ0) is 15.0. The fraction of sp³-hybridized carbons (Fsp3) is 0.538. The van der Waals surface area contributed by atoms with Gasteiger partial charge in [-0.25, -0.2) is 0 Å². The fourth-order valence-electron chi connectivity index (χ4n) is 1.55. The van der Waals surface area contributed by atoms with Gasteiger partial charge >= 0.3 is 0 Å². The van der Waals surface area contributed by atoms with Crippen LogP contribution in [0, 0.1) is 10.1 Å². The summed E-state index contributed by atoms with van der Waals surface area (Å²) in [5.41, 5.74) is 0.463. The minimum atomic E-state index is -0.422. The molecule has 20 heavy (non-hydrogen) atoms. The number of nitro benzene ring substituents is 1. The third kappa shape index (κ3) is 5.41. The first-order valence-electron chi connectivity index (χ1n) is 6.33. The third-order valence-electron chi connectivity index (χ3n) is 2.65. The standard InChI is InChI=1S/C13H21N3O4/c1-15(2)7-9-20-8-6-14-12-10-11(19-3)4-5-13(12)16(17)18/h4-5,10,14H,6-9H2,1-3H3. The first-order chi connectivity index (χ1) is 9.54. The molecule has 1 aromatic carbocycles. The van der Waals surface area contributed by atoms with E-state index in [9.17, 15) is 10.1 Å². The highest BCUT2D eigenvalue weighted by Crippen LogP contribution is 2.28. The number of anilines is 1. The summed E-state index contributed by atoms with van der Waals surface area (Å²) in [5, 5.41) is 13.9. The van der Waals surface area contributed by atoms with Crippen LogP contribution in [-0.4, -0.2) is 57.3 Å². The molecule has 0 saturated carbocycles. The molecule has 0 amide bonds. The quantitative estimate of drug-likeness (QED) is 0.421. The molecule has 0 bridgehead atoms. The second-order valence-corrected chi connectivity index (χ2v) is 4.48. The Balaban J connectivity index is 2.47. The molecule has 0 atom stereocenters. The van der Waals surface area contributed by atoms with E-state index in [0.29, 0.717) is 31.2 Å². The lowest BCUT2D eigenvalue weighted by molar-refractivity contribution is -0.384. The largest absolute Gasteiger partial charge is 0.497 e. The van der Waals surface area contributed by atoms with Crippen LogP contribution in [-0.2, 0) is 4.74 Å². The van der Waals surface area contributed by atoms with E-state index in [4.69, 9.17) is 9.47 Å². The van der Waals surface area contributed by atoms with Crippen LogP contribution in [0.4, 0.5) is 11.4 Å². The van der Waals surface area contributed by atoms with Gasteiger partial charge in [0.15, 0.2) is 0 Å². The van der Waals surface area contributed by atoms with Gasteiger partial charge in [-0.2, -0.15) is 0 Å². The molecule has 1 aromatic rings. The predicted molar refractivity (Wildman–Crippen MR) is 77.5 cm³/mol. The molecule has 0 radical (unpaired) electrons. The normalized spacial score (nSPS) is 10.6. The van der Waals surface area contributed by atoms with Crippen molar-refractivity contribution in [1.82, 2.24) is 4.90 Å². The summed E-state index contributed by atoms with van der Waals surface area (Å²) in [5.74, 6) is 0.576. The molecular weight excluding hydrogens is 262 g/mol. The summed E-state index contributed by atoms with van der Waals surface area (Å²) in [4.78, 5) is 12.5. The number of nitro groups is 1. The van der Waals surface area contributed by atoms with Crippen LogP contribution in [0.5, 0.6) is 5.75 Å². The molecule has 1 N–H and O–H groups in total. The van der Waals surface area contributed by atoms with Gasteiger partial charge in [0, 0.05) is 25.2 Å². The molecule has 7 nitrogen and oxygen atoms in total. The maximum atomic E-state index is 10.9. The van der Waals surface area contributed by atoms with Crippen molar-refractivity contribution in [3.8, 4) is 5.75 Å². The Hall–Kier alpha value is -1.86. The zero-order valence-electron chi connectivity index (χ0n) is 12.1. The Kier molecular flexibility index (Phi) is 6.75. The Bertz CT molecular complexity index is 438. The zero-order valence-corrected chi connectivity index (χ0v) is 12.1. The minimum Gasteiger partial charge on any atom is -0.497 e. The first-order valence-corrected chi connectivity index (χ1v) is 6.33. The molecular formula is C13H21N3O4. The van der Waals surface area contributed by atoms with Crippen molar-refractivity contribution in [2.24, 2.45) is 0 Å². The Morgan fingerprint density at radius 3 is 2.70 bits per heavy atom. The monoisotopic (exact) mass is 283 g/mol. The van der Waals surface area contributed by atoms with Crippen molar-refractivity contribution in [3.63, 3.8) is 0 Å². The number of ether oxygens (including phenoxy) is 2. The smallest absolute Gasteiger partial charge is 0.292 e.